The summed E-state index contributed by atoms with van der Waals surface area (Å²) in [5.74, 6) is 1.91. The van der Waals surface area contributed by atoms with Gasteiger partial charge in [-0.25, -0.2) is 0 Å². The van der Waals surface area contributed by atoms with E-state index in [2.05, 4.69) is 20.7 Å². The number of rotatable bonds is 7. The predicted octanol–water partition coefficient (Wildman–Crippen LogP) is 4.95. The molecule has 1 aromatic carbocycles. The first-order valence-electron chi connectivity index (χ1n) is 10.3. The predicted molar refractivity (Wildman–Crippen MR) is 115 cm³/mol. The highest BCUT2D eigenvalue weighted by atomic mass is 32.1. The third-order valence-corrected chi connectivity index (χ3v) is 6.49. The van der Waals surface area contributed by atoms with Gasteiger partial charge in [0.05, 0.1) is 17.7 Å². The summed E-state index contributed by atoms with van der Waals surface area (Å²) in [7, 11) is 0. The molecule has 1 aliphatic carbocycles. The van der Waals surface area contributed by atoms with E-state index in [1.54, 1.807) is 0 Å². The van der Waals surface area contributed by atoms with E-state index in [-0.39, 0.29) is 12.3 Å². The van der Waals surface area contributed by atoms with Crippen LogP contribution in [0.15, 0.2) is 28.8 Å². The Morgan fingerprint density at radius 2 is 1.93 bits per heavy atom. The smallest absolute Gasteiger partial charge is 0.230 e. The molecule has 158 valence electrons. The van der Waals surface area contributed by atoms with Crippen molar-refractivity contribution in [3.8, 4) is 5.75 Å². The van der Waals surface area contributed by atoms with Crippen molar-refractivity contribution in [1.82, 2.24) is 15.4 Å². The molecule has 0 aliphatic heterocycles. The lowest BCUT2D eigenvalue weighted by atomic mass is 9.90. The molecule has 0 radical (unpaired) electrons. The van der Waals surface area contributed by atoms with Gasteiger partial charge in [0.1, 0.15) is 23.1 Å². The maximum absolute atomic E-state index is 12.4. The third-order valence-electron chi connectivity index (χ3n) is 5.49. The monoisotopic (exact) mass is 426 g/mol. The Balaban J connectivity index is 1.28. The zero-order valence-electron chi connectivity index (χ0n) is 17.3. The SMILES string of the molecule is Cc1noc(C)c1COc1ccc(CC(=O)Nc2nnc(C3CCCCC3)s2)cc1. The highest BCUT2D eigenvalue weighted by Crippen LogP contribution is 2.35. The standard InChI is InChI=1S/C22H26N4O3S/c1-14-19(15(2)29-26-14)13-28-18-10-8-16(9-11-18)12-20(27)23-22-25-24-21(30-22)17-6-4-3-5-7-17/h8-11,17H,3-7,12-13H2,1-2H3,(H,23,25,27). The normalized spacial score (nSPS) is 14.6. The highest BCUT2D eigenvalue weighted by molar-refractivity contribution is 7.15. The molecule has 2 aromatic heterocycles. The molecule has 0 atom stereocenters. The Hall–Kier alpha value is -2.74. The molecule has 1 N–H and O–H groups in total. The number of aromatic nitrogens is 3. The molecule has 0 bridgehead atoms. The van der Waals surface area contributed by atoms with Gasteiger partial charge in [0.15, 0.2) is 0 Å². The average molecular weight is 427 g/mol. The first kappa shape index (κ1) is 20.5. The molecular formula is C22H26N4O3S. The maximum atomic E-state index is 12.4. The molecule has 8 heteroatoms. The number of aryl methyl sites for hydroxylation is 2. The third kappa shape index (κ3) is 5.05. The van der Waals surface area contributed by atoms with Crippen LogP contribution in [0, 0.1) is 13.8 Å². The number of nitrogens with one attached hydrogen (secondary N) is 1. The minimum absolute atomic E-state index is 0.0919. The fraction of sp³-hybridized carbons (Fsp3) is 0.455. The summed E-state index contributed by atoms with van der Waals surface area (Å²) in [4.78, 5) is 12.4. The van der Waals surface area contributed by atoms with Crippen molar-refractivity contribution in [2.45, 2.75) is 64.9 Å². The van der Waals surface area contributed by atoms with Gasteiger partial charge in [-0.15, -0.1) is 10.2 Å². The highest BCUT2D eigenvalue weighted by Gasteiger charge is 2.20. The molecule has 30 heavy (non-hydrogen) atoms. The lowest BCUT2D eigenvalue weighted by Gasteiger charge is -2.18. The van der Waals surface area contributed by atoms with Crippen LogP contribution in [0.3, 0.4) is 0 Å². The lowest BCUT2D eigenvalue weighted by molar-refractivity contribution is -0.115. The van der Waals surface area contributed by atoms with Gasteiger partial charge in [-0.05, 0) is 44.4 Å². The van der Waals surface area contributed by atoms with E-state index in [0.29, 0.717) is 17.7 Å². The van der Waals surface area contributed by atoms with Gasteiger partial charge < -0.3 is 14.6 Å². The Morgan fingerprint density at radius 3 is 2.63 bits per heavy atom. The minimum Gasteiger partial charge on any atom is -0.489 e. The van der Waals surface area contributed by atoms with Gasteiger partial charge in [-0.2, -0.15) is 0 Å². The Labute approximate surface area is 179 Å². The van der Waals surface area contributed by atoms with Crippen LogP contribution in [-0.2, 0) is 17.8 Å². The quantitative estimate of drug-likeness (QED) is 0.575. The van der Waals surface area contributed by atoms with E-state index in [9.17, 15) is 4.79 Å². The van der Waals surface area contributed by atoms with Crippen molar-refractivity contribution < 1.29 is 14.1 Å². The molecule has 0 unspecified atom stereocenters. The molecule has 3 aromatic rings. The van der Waals surface area contributed by atoms with Crippen molar-refractivity contribution in [3.05, 3.63) is 51.9 Å². The summed E-state index contributed by atoms with van der Waals surface area (Å²) in [6.07, 6.45) is 6.44. The van der Waals surface area contributed by atoms with Crippen molar-refractivity contribution in [3.63, 3.8) is 0 Å². The van der Waals surface area contributed by atoms with E-state index >= 15 is 0 Å². The van der Waals surface area contributed by atoms with Crippen LogP contribution in [0.5, 0.6) is 5.75 Å². The average Bonchev–Trinajstić information content (AvgIpc) is 3.35. The zero-order chi connectivity index (χ0) is 20.9. The topological polar surface area (TPSA) is 90.1 Å². The van der Waals surface area contributed by atoms with Crippen LogP contribution in [-0.4, -0.2) is 21.3 Å². The number of carbonyl (C=O) groups is 1. The van der Waals surface area contributed by atoms with E-state index in [0.717, 1.165) is 33.3 Å². The molecule has 4 rings (SSSR count). The second-order valence-electron chi connectivity index (χ2n) is 7.74. The largest absolute Gasteiger partial charge is 0.489 e. The van der Waals surface area contributed by atoms with E-state index < -0.39 is 0 Å². The Bertz CT molecular complexity index is 971. The minimum atomic E-state index is -0.0919. The molecule has 0 saturated heterocycles. The van der Waals surface area contributed by atoms with Gasteiger partial charge in [-0.1, -0.05) is 47.9 Å². The Kier molecular flexibility index (Phi) is 6.42. The number of benzene rings is 1. The van der Waals surface area contributed by atoms with Crippen molar-refractivity contribution in [1.29, 1.82) is 0 Å². The first-order valence-corrected chi connectivity index (χ1v) is 11.2. The molecule has 2 heterocycles. The summed E-state index contributed by atoms with van der Waals surface area (Å²) >= 11 is 1.50. The van der Waals surface area contributed by atoms with Crippen LogP contribution in [0.2, 0.25) is 0 Å². The fourth-order valence-corrected chi connectivity index (χ4v) is 4.64. The molecule has 1 saturated carbocycles. The number of hydrogen-bond acceptors (Lipinski definition) is 7. The molecule has 0 spiro atoms. The number of carbonyl (C=O) groups excluding carboxylic acids is 1. The van der Waals surface area contributed by atoms with Gasteiger partial charge in [0.25, 0.3) is 0 Å². The summed E-state index contributed by atoms with van der Waals surface area (Å²) < 4.78 is 11.0. The zero-order valence-corrected chi connectivity index (χ0v) is 18.1. The fourth-order valence-electron chi connectivity index (χ4n) is 3.72. The Morgan fingerprint density at radius 1 is 1.17 bits per heavy atom. The van der Waals surface area contributed by atoms with E-state index in [1.807, 2.05) is 38.1 Å². The number of anilines is 1. The lowest BCUT2D eigenvalue weighted by Crippen LogP contribution is -2.14. The number of hydrogen-bond donors (Lipinski definition) is 1. The van der Waals surface area contributed by atoms with Gasteiger partial charge in [0, 0.05) is 5.92 Å². The second-order valence-corrected chi connectivity index (χ2v) is 8.75. The molecule has 1 amide bonds. The summed E-state index contributed by atoms with van der Waals surface area (Å²) in [5, 5.41) is 16.9. The van der Waals surface area contributed by atoms with Crippen molar-refractivity contribution in [2.75, 3.05) is 5.32 Å². The molecule has 1 aliphatic rings. The van der Waals surface area contributed by atoms with Crippen molar-refractivity contribution >= 4 is 22.4 Å². The van der Waals surface area contributed by atoms with E-state index in [4.69, 9.17) is 9.26 Å². The van der Waals surface area contributed by atoms with Crippen LogP contribution in [0.25, 0.3) is 0 Å². The number of ether oxygens (including phenoxy) is 1. The number of nitrogens with zero attached hydrogens (tertiary/aromatic N) is 3. The van der Waals surface area contributed by atoms with Crippen LogP contribution in [0.4, 0.5) is 5.13 Å². The van der Waals surface area contributed by atoms with Crippen LogP contribution in [0.1, 0.15) is 65.6 Å². The van der Waals surface area contributed by atoms with Crippen molar-refractivity contribution in [2.24, 2.45) is 0 Å². The van der Waals surface area contributed by atoms with E-state index in [1.165, 1.54) is 43.4 Å². The molecule has 7 nitrogen and oxygen atoms in total. The maximum Gasteiger partial charge on any atom is 0.230 e. The summed E-state index contributed by atoms with van der Waals surface area (Å²) in [6.45, 7) is 4.17. The second kappa shape index (κ2) is 9.38. The summed E-state index contributed by atoms with van der Waals surface area (Å²) in [6, 6.07) is 7.53. The molecular weight excluding hydrogens is 400 g/mol. The van der Waals surface area contributed by atoms with Gasteiger partial charge >= 0.3 is 0 Å². The first-order chi connectivity index (χ1) is 14.6. The van der Waals surface area contributed by atoms with Gasteiger partial charge in [0.2, 0.25) is 11.0 Å². The van der Waals surface area contributed by atoms with Crippen LogP contribution < -0.4 is 10.1 Å². The number of amides is 1. The van der Waals surface area contributed by atoms with Gasteiger partial charge in [-0.3, -0.25) is 4.79 Å². The summed E-state index contributed by atoms with van der Waals surface area (Å²) in [5.41, 5.74) is 2.71. The van der Waals surface area contributed by atoms with Crippen LogP contribution >= 0.6 is 11.3 Å². The molecule has 1 fully saturated rings.